The smallest absolute Gasteiger partial charge is 0.220 e. The van der Waals surface area contributed by atoms with E-state index in [1.807, 2.05) is 32.0 Å². The van der Waals surface area contributed by atoms with Crippen molar-refractivity contribution in [3.8, 4) is 11.5 Å². The summed E-state index contributed by atoms with van der Waals surface area (Å²) in [6.07, 6.45) is 1.95. The molecule has 1 aliphatic rings. The molecule has 0 bridgehead atoms. The summed E-state index contributed by atoms with van der Waals surface area (Å²) in [5, 5.41) is 6.93. The number of methoxy groups -OCH3 is 1. The standard InChI is InChI=1S/C19H24N2O4/c1-12-16(13(2)25-21-12)7-8-18(22)20-10-14-9-15-5-4-6-17(23-3)19(15)24-11-14/h4-6,14H,7-11H2,1-3H3,(H,20,22)/t14-/m1/s1. The largest absolute Gasteiger partial charge is 0.493 e. The molecule has 0 radical (unpaired) electrons. The normalized spacial score (nSPS) is 16.0. The highest BCUT2D eigenvalue weighted by Crippen LogP contribution is 2.35. The second-order valence-corrected chi connectivity index (χ2v) is 6.44. The monoisotopic (exact) mass is 344 g/mol. The van der Waals surface area contributed by atoms with Crippen LogP contribution >= 0.6 is 0 Å². The Morgan fingerprint density at radius 3 is 2.96 bits per heavy atom. The fraction of sp³-hybridized carbons (Fsp3) is 0.474. The van der Waals surface area contributed by atoms with E-state index in [2.05, 4.69) is 10.5 Å². The van der Waals surface area contributed by atoms with Crippen molar-refractivity contribution in [1.82, 2.24) is 10.5 Å². The van der Waals surface area contributed by atoms with Crippen molar-refractivity contribution in [2.45, 2.75) is 33.1 Å². The van der Waals surface area contributed by atoms with Crippen molar-refractivity contribution in [1.29, 1.82) is 0 Å². The zero-order valence-electron chi connectivity index (χ0n) is 14.9. The van der Waals surface area contributed by atoms with Crippen molar-refractivity contribution >= 4 is 5.91 Å². The molecule has 25 heavy (non-hydrogen) atoms. The summed E-state index contributed by atoms with van der Waals surface area (Å²) >= 11 is 0. The predicted molar refractivity (Wildman–Crippen MR) is 93.0 cm³/mol. The van der Waals surface area contributed by atoms with Crippen molar-refractivity contribution in [2.24, 2.45) is 5.92 Å². The Kier molecular flexibility index (Phi) is 5.26. The molecule has 3 rings (SSSR count). The van der Waals surface area contributed by atoms with Crippen LogP contribution < -0.4 is 14.8 Å². The number of hydrogen-bond donors (Lipinski definition) is 1. The van der Waals surface area contributed by atoms with E-state index in [-0.39, 0.29) is 11.8 Å². The van der Waals surface area contributed by atoms with Crippen molar-refractivity contribution in [3.63, 3.8) is 0 Å². The number of fused-ring (bicyclic) bond motifs is 1. The summed E-state index contributed by atoms with van der Waals surface area (Å²) in [6, 6.07) is 5.91. The summed E-state index contributed by atoms with van der Waals surface area (Å²) < 4.78 is 16.3. The topological polar surface area (TPSA) is 73.6 Å². The van der Waals surface area contributed by atoms with Gasteiger partial charge in [0.1, 0.15) is 5.76 Å². The number of para-hydroxylation sites is 1. The Labute approximate surface area is 147 Å². The van der Waals surface area contributed by atoms with Crippen LogP contribution in [0.15, 0.2) is 22.7 Å². The minimum atomic E-state index is 0.0384. The molecular formula is C19H24N2O4. The van der Waals surface area contributed by atoms with E-state index in [4.69, 9.17) is 14.0 Å². The highest BCUT2D eigenvalue weighted by Gasteiger charge is 2.23. The Balaban J connectivity index is 1.48. The first-order valence-electron chi connectivity index (χ1n) is 8.55. The second kappa shape index (κ2) is 7.59. The molecule has 2 heterocycles. The number of nitrogens with zero attached hydrogens (tertiary/aromatic N) is 1. The molecule has 134 valence electrons. The maximum atomic E-state index is 12.1. The lowest BCUT2D eigenvalue weighted by molar-refractivity contribution is -0.121. The highest BCUT2D eigenvalue weighted by molar-refractivity contribution is 5.76. The molecule has 1 aliphatic heterocycles. The third kappa shape index (κ3) is 3.95. The number of nitrogens with one attached hydrogen (secondary N) is 1. The Bertz CT molecular complexity index is 734. The maximum Gasteiger partial charge on any atom is 0.220 e. The summed E-state index contributed by atoms with van der Waals surface area (Å²) in [6.45, 7) is 4.96. The van der Waals surface area contributed by atoms with Crippen LogP contribution in [0.3, 0.4) is 0 Å². The number of carbonyl (C=O) groups excluding carboxylic acids is 1. The molecule has 6 nitrogen and oxygen atoms in total. The van der Waals surface area contributed by atoms with Gasteiger partial charge in [-0.25, -0.2) is 0 Å². The molecule has 6 heteroatoms. The molecule has 0 fully saturated rings. The minimum Gasteiger partial charge on any atom is -0.493 e. The molecule has 1 aromatic carbocycles. The molecule has 1 N–H and O–H groups in total. The molecule has 2 aromatic rings. The van der Waals surface area contributed by atoms with Crippen LogP contribution in [0, 0.1) is 19.8 Å². The average Bonchev–Trinajstić information content (AvgIpc) is 2.95. The van der Waals surface area contributed by atoms with E-state index in [1.54, 1.807) is 7.11 Å². The summed E-state index contributed by atoms with van der Waals surface area (Å²) in [5.41, 5.74) is 3.01. The lowest BCUT2D eigenvalue weighted by Gasteiger charge is -2.26. The third-order valence-electron chi connectivity index (χ3n) is 4.62. The Morgan fingerprint density at radius 1 is 1.40 bits per heavy atom. The lowest BCUT2D eigenvalue weighted by Crippen LogP contribution is -2.35. The van der Waals surface area contributed by atoms with Gasteiger partial charge < -0.3 is 19.3 Å². The van der Waals surface area contributed by atoms with Gasteiger partial charge in [-0.15, -0.1) is 0 Å². The molecular weight excluding hydrogens is 320 g/mol. The number of ether oxygens (including phenoxy) is 2. The van der Waals surface area contributed by atoms with Crippen LogP contribution in [0.2, 0.25) is 0 Å². The van der Waals surface area contributed by atoms with Crippen molar-refractivity contribution in [3.05, 3.63) is 40.8 Å². The third-order valence-corrected chi connectivity index (χ3v) is 4.62. The Hall–Kier alpha value is -2.50. The molecule has 0 saturated carbocycles. The average molecular weight is 344 g/mol. The number of rotatable bonds is 6. The van der Waals surface area contributed by atoms with Crippen LogP contribution in [0.1, 0.15) is 29.0 Å². The van der Waals surface area contributed by atoms with Crippen LogP contribution in [0.5, 0.6) is 11.5 Å². The first-order chi connectivity index (χ1) is 12.1. The second-order valence-electron chi connectivity index (χ2n) is 6.44. The molecule has 0 spiro atoms. The molecule has 1 aromatic heterocycles. The first kappa shape index (κ1) is 17.3. The zero-order valence-corrected chi connectivity index (χ0v) is 14.9. The van der Waals surface area contributed by atoms with E-state index in [1.165, 1.54) is 0 Å². The van der Waals surface area contributed by atoms with E-state index < -0.39 is 0 Å². The molecule has 1 amide bonds. The summed E-state index contributed by atoms with van der Waals surface area (Å²) in [5.74, 6) is 2.68. The van der Waals surface area contributed by atoms with Gasteiger partial charge in [0.05, 0.1) is 19.4 Å². The van der Waals surface area contributed by atoms with Crippen LogP contribution in [0.25, 0.3) is 0 Å². The molecule has 0 aliphatic carbocycles. The van der Waals surface area contributed by atoms with Gasteiger partial charge in [0.25, 0.3) is 0 Å². The van der Waals surface area contributed by atoms with Gasteiger partial charge in [0, 0.05) is 24.4 Å². The molecule has 0 unspecified atom stereocenters. The van der Waals surface area contributed by atoms with Gasteiger partial charge in [-0.2, -0.15) is 0 Å². The number of hydrogen-bond acceptors (Lipinski definition) is 5. The minimum absolute atomic E-state index is 0.0384. The van der Waals surface area contributed by atoms with Gasteiger partial charge in [0.15, 0.2) is 11.5 Å². The molecule has 0 saturated heterocycles. The van der Waals surface area contributed by atoms with Gasteiger partial charge >= 0.3 is 0 Å². The fourth-order valence-electron chi connectivity index (χ4n) is 3.19. The molecule has 1 atom stereocenters. The van der Waals surface area contributed by atoms with E-state index in [0.717, 1.165) is 40.5 Å². The van der Waals surface area contributed by atoms with Crippen LogP contribution in [-0.4, -0.2) is 31.3 Å². The number of aromatic nitrogens is 1. The van der Waals surface area contributed by atoms with Crippen LogP contribution in [0.4, 0.5) is 0 Å². The van der Waals surface area contributed by atoms with Crippen LogP contribution in [-0.2, 0) is 17.6 Å². The van der Waals surface area contributed by atoms with E-state index >= 15 is 0 Å². The summed E-state index contributed by atoms with van der Waals surface area (Å²) in [4.78, 5) is 12.1. The first-order valence-corrected chi connectivity index (χ1v) is 8.55. The zero-order chi connectivity index (χ0) is 17.8. The van der Waals surface area contributed by atoms with Gasteiger partial charge in [-0.1, -0.05) is 17.3 Å². The van der Waals surface area contributed by atoms with E-state index in [0.29, 0.717) is 26.0 Å². The predicted octanol–water partition coefficient (Wildman–Crippen LogP) is 2.60. The maximum absolute atomic E-state index is 12.1. The van der Waals surface area contributed by atoms with Crippen molar-refractivity contribution in [2.75, 3.05) is 20.3 Å². The SMILES string of the molecule is COc1cccc2c1OC[C@@H](CNC(=O)CCc1c(C)noc1C)C2. The number of carbonyl (C=O) groups is 1. The highest BCUT2D eigenvalue weighted by atomic mass is 16.5. The van der Waals surface area contributed by atoms with Gasteiger partial charge in [-0.05, 0) is 38.3 Å². The van der Waals surface area contributed by atoms with E-state index in [9.17, 15) is 4.79 Å². The number of amides is 1. The van der Waals surface area contributed by atoms with Gasteiger partial charge in [0.2, 0.25) is 5.91 Å². The Morgan fingerprint density at radius 2 is 2.24 bits per heavy atom. The summed E-state index contributed by atoms with van der Waals surface area (Å²) in [7, 11) is 1.64. The van der Waals surface area contributed by atoms with Gasteiger partial charge in [-0.3, -0.25) is 4.79 Å². The number of aryl methyl sites for hydroxylation is 2. The van der Waals surface area contributed by atoms with Crippen molar-refractivity contribution < 1.29 is 18.8 Å². The number of benzene rings is 1. The quantitative estimate of drug-likeness (QED) is 0.872. The lowest BCUT2D eigenvalue weighted by atomic mass is 9.96. The fourth-order valence-corrected chi connectivity index (χ4v) is 3.19.